The number of carboxylic acids is 1. The number of aromatic nitrogens is 1. The number of aryl methyl sites for hydroxylation is 2. The van der Waals surface area contributed by atoms with E-state index in [9.17, 15) is 28.3 Å². The molecular formula is C34H38ClF3N2O4. The monoisotopic (exact) mass is 630 g/mol. The number of alkyl halides is 1. The van der Waals surface area contributed by atoms with E-state index >= 15 is 4.39 Å². The number of pyridine rings is 1. The van der Waals surface area contributed by atoms with Gasteiger partial charge in [-0.3, -0.25) is 19.3 Å². The maximum atomic E-state index is 15.6. The van der Waals surface area contributed by atoms with Gasteiger partial charge in [0.1, 0.15) is 12.0 Å². The minimum Gasteiger partial charge on any atom is -0.481 e. The molecule has 0 saturated carbocycles. The van der Waals surface area contributed by atoms with Crippen LogP contribution in [0.5, 0.6) is 0 Å². The van der Waals surface area contributed by atoms with E-state index in [0.29, 0.717) is 37.2 Å². The van der Waals surface area contributed by atoms with Gasteiger partial charge < -0.3 is 9.67 Å². The highest BCUT2D eigenvalue weighted by atomic mass is 35.5. The summed E-state index contributed by atoms with van der Waals surface area (Å²) in [6.45, 7) is 8.58. The second-order valence-corrected chi connectivity index (χ2v) is 12.7. The average Bonchev–Trinajstić information content (AvgIpc) is 2.92. The number of carbonyl (C=O) groups excluding carboxylic acids is 1. The van der Waals surface area contributed by atoms with Gasteiger partial charge in [-0.15, -0.1) is 0 Å². The summed E-state index contributed by atoms with van der Waals surface area (Å²) in [4.78, 5) is 40.8. The van der Waals surface area contributed by atoms with Gasteiger partial charge in [-0.25, -0.2) is 13.2 Å². The highest BCUT2D eigenvalue weighted by Gasteiger charge is 2.31. The lowest BCUT2D eigenvalue weighted by molar-refractivity contribution is -0.137. The number of likely N-dealkylation sites (tertiary alicyclic amines) is 1. The second-order valence-electron chi connectivity index (χ2n) is 12.3. The topological polar surface area (TPSA) is 79.6 Å². The Labute approximate surface area is 260 Å². The number of halogens is 4. The van der Waals surface area contributed by atoms with E-state index in [1.54, 1.807) is 6.07 Å². The molecule has 2 aromatic carbocycles. The minimum atomic E-state index is -1.23. The molecule has 0 spiro atoms. The van der Waals surface area contributed by atoms with Crippen LogP contribution in [0, 0.1) is 31.4 Å². The molecule has 3 aromatic rings. The molecule has 1 aliphatic rings. The summed E-state index contributed by atoms with van der Waals surface area (Å²) in [5.41, 5.74) is 2.75. The third kappa shape index (κ3) is 7.80. The van der Waals surface area contributed by atoms with Crippen molar-refractivity contribution in [3.05, 3.63) is 91.9 Å². The normalized spacial score (nSPS) is 15.3. The molecule has 1 unspecified atom stereocenters. The summed E-state index contributed by atoms with van der Waals surface area (Å²) in [5.74, 6) is -4.76. The summed E-state index contributed by atoms with van der Waals surface area (Å²) >= 11 is 6.33. The van der Waals surface area contributed by atoms with Gasteiger partial charge in [0.05, 0.1) is 17.5 Å². The van der Waals surface area contributed by atoms with Crippen molar-refractivity contribution >= 4 is 23.4 Å². The van der Waals surface area contributed by atoms with Crippen LogP contribution in [0.2, 0.25) is 5.02 Å². The number of benzene rings is 2. The number of carbonyl (C=O) groups is 2. The van der Waals surface area contributed by atoms with Crippen LogP contribution in [-0.2, 0) is 16.0 Å². The van der Waals surface area contributed by atoms with E-state index in [4.69, 9.17) is 11.6 Å². The molecule has 4 rings (SSSR count). The predicted octanol–water partition coefficient (Wildman–Crippen LogP) is 7.06. The van der Waals surface area contributed by atoms with Crippen LogP contribution in [0.1, 0.15) is 67.3 Å². The Morgan fingerprint density at radius 2 is 1.73 bits per heavy atom. The Bertz CT molecular complexity index is 1580. The first kappa shape index (κ1) is 33.5. The fourth-order valence-corrected chi connectivity index (χ4v) is 6.24. The van der Waals surface area contributed by atoms with Crippen molar-refractivity contribution in [2.75, 3.05) is 19.6 Å². The number of Topliss-reactive ketones (excluding diaryl/α,β-unsaturated/α-hetero) is 1. The van der Waals surface area contributed by atoms with E-state index in [-0.39, 0.29) is 22.9 Å². The van der Waals surface area contributed by atoms with E-state index in [1.165, 1.54) is 12.3 Å². The number of hydrogen-bond donors (Lipinski definition) is 1. The zero-order chi connectivity index (χ0) is 32.3. The van der Waals surface area contributed by atoms with Crippen molar-refractivity contribution in [3.63, 3.8) is 0 Å². The molecule has 0 bridgehead atoms. The van der Waals surface area contributed by atoms with Gasteiger partial charge in [0.15, 0.2) is 11.6 Å². The molecule has 1 aliphatic heterocycles. The van der Waals surface area contributed by atoms with Crippen molar-refractivity contribution < 1.29 is 27.9 Å². The number of rotatable bonds is 13. The number of ketones is 1. The van der Waals surface area contributed by atoms with E-state index in [2.05, 4.69) is 0 Å². The molecular weight excluding hydrogens is 593 g/mol. The highest BCUT2D eigenvalue weighted by Crippen LogP contribution is 2.38. The zero-order valence-corrected chi connectivity index (χ0v) is 26.1. The summed E-state index contributed by atoms with van der Waals surface area (Å²) in [7, 11) is 0. The first-order valence-electron chi connectivity index (χ1n) is 14.8. The predicted molar refractivity (Wildman–Crippen MR) is 165 cm³/mol. The smallest absolute Gasteiger partial charge is 0.303 e. The molecule has 6 nitrogen and oxygen atoms in total. The van der Waals surface area contributed by atoms with Crippen LogP contribution in [0.3, 0.4) is 0 Å². The molecule has 44 heavy (non-hydrogen) atoms. The van der Waals surface area contributed by atoms with Crippen molar-refractivity contribution in [3.8, 4) is 11.1 Å². The van der Waals surface area contributed by atoms with Gasteiger partial charge in [0.2, 0.25) is 0 Å². The van der Waals surface area contributed by atoms with Gasteiger partial charge in [-0.2, -0.15) is 0 Å². The van der Waals surface area contributed by atoms with Gasteiger partial charge in [-0.1, -0.05) is 43.6 Å². The molecule has 236 valence electrons. The quantitative estimate of drug-likeness (QED) is 0.219. The minimum absolute atomic E-state index is 0.0119. The molecule has 0 aliphatic carbocycles. The van der Waals surface area contributed by atoms with Crippen LogP contribution in [0.4, 0.5) is 13.2 Å². The van der Waals surface area contributed by atoms with Crippen LogP contribution in [0.25, 0.3) is 11.1 Å². The molecule has 1 aromatic heterocycles. The molecule has 0 radical (unpaired) electrons. The number of aliphatic carboxylic acids is 1. The molecule has 1 saturated heterocycles. The summed E-state index contributed by atoms with van der Waals surface area (Å²) in [5, 5.41) is 9.56. The van der Waals surface area contributed by atoms with Crippen molar-refractivity contribution in [2.45, 2.75) is 71.5 Å². The first-order chi connectivity index (χ1) is 20.7. The van der Waals surface area contributed by atoms with Gasteiger partial charge in [0, 0.05) is 38.2 Å². The van der Waals surface area contributed by atoms with Crippen molar-refractivity contribution in [1.29, 1.82) is 0 Å². The maximum absolute atomic E-state index is 15.6. The lowest BCUT2D eigenvalue weighted by Gasteiger charge is -2.34. The first-order valence-corrected chi connectivity index (χ1v) is 15.2. The summed E-state index contributed by atoms with van der Waals surface area (Å²) in [6.07, 6.45) is 0.142. The Morgan fingerprint density at radius 3 is 2.32 bits per heavy atom. The molecule has 2 atom stereocenters. The van der Waals surface area contributed by atoms with Gasteiger partial charge >= 0.3 is 5.97 Å². The molecule has 1 N–H and O–H groups in total. The van der Waals surface area contributed by atoms with Crippen molar-refractivity contribution in [1.82, 2.24) is 9.47 Å². The Balaban J connectivity index is 1.71. The highest BCUT2D eigenvalue weighted by molar-refractivity contribution is 6.31. The Hall–Kier alpha value is -3.43. The van der Waals surface area contributed by atoms with E-state index in [1.807, 2.05) is 50.8 Å². The third-order valence-corrected chi connectivity index (χ3v) is 8.50. The summed E-state index contributed by atoms with van der Waals surface area (Å²) < 4.78 is 44.8. The SMILES string of the molecule is Cc1cccc(C)c1-c1cc(Cl)c(F)c([C@H](CC(=O)O)CC(=O)C(CC(C)C)n2cc(CCN3CC(F)C3)cc(F)c2=O)c1. The standard InChI is InChI=1S/C34H38ClF3N2O4/c1-19(2)10-29(40-16-22(11-28(37)34(40)44)8-9-39-17-25(36)18-39)30(41)14-23(15-31(42)43)26-12-24(13-27(35)33(26)38)32-20(3)6-5-7-21(32)4/h5-7,11-13,16,19,23,25,29H,8-10,14-15,17-18H2,1-4H3,(H,42,43)/t23-,29?/m0/s1. The van der Waals surface area contributed by atoms with Crippen LogP contribution in [0.15, 0.2) is 47.4 Å². The fraction of sp³-hybridized carbons (Fsp3) is 0.441. The van der Waals surface area contributed by atoms with Crippen LogP contribution >= 0.6 is 11.6 Å². The Kier molecular flexibility index (Phi) is 10.7. The lowest BCUT2D eigenvalue weighted by Crippen LogP contribution is -2.49. The van der Waals surface area contributed by atoms with Crippen LogP contribution in [-0.4, -0.2) is 52.1 Å². The Morgan fingerprint density at radius 1 is 1.07 bits per heavy atom. The lowest BCUT2D eigenvalue weighted by atomic mass is 9.84. The third-order valence-electron chi connectivity index (χ3n) is 8.22. The largest absolute Gasteiger partial charge is 0.481 e. The molecule has 1 fully saturated rings. The maximum Gasteiger partial charge on any atom is 0.303 e. The van der Waals surface area contributed by atoms with E-state index in [0.717, 1.165) is 27.3 Å². The fourth-order valence-electron chi connectivity index (χ4n) is 6.02. The number of nitrogens with zero attached hydrogens (tertiary/aromatic N) is 2. The van der Waals surface area contributed by atoms with Gasteiger partial charge in [0.25, 0.3) is 5.56 Å². The van der Waals surface area contributed by atoms with Crippen molar-refractivity contribution in [2.24, 2.45) is 5.92 Å². The van der Waals surface area contributed by atoms with Gasteiger partial charge in [-0.05, 0) is 84.2 Å². The zero-order valence-electron chi connectivity index (χ0n) is 25.4. The summed E-state index contributed by atoms with van der Waals surface area (Å²) in [6, 6.07) is 8.75. The number of hydrogen-bond acceptors (Lipinski definition) is 4. The molecule has 10 heteroatoms. The average molecular weight is 631 g/mol. The second kappa shape index (κ2) is 14.1. The van der Waals surface area contributed by atoms with Crippen LogP contribution < -0.4 is 5.56 Å². The molecule has 0 amide bonds. The van der Waals surface area contributed by atoms with E-state index < -0.39 is 59.9 Å². The molecule has 2 heterocycles. The number of carboxylic acid groups (broad SMARTS) is 1.